The molecule has 20 heavy (non-hydrogen) atoms. The van der Waals surface area contributed by atoms with E-state index in [1.54, 1.807) is 0 Å². The first-order valence-corrected chi connectivity index (χ1v) is 7.26. The highest BCUT2D eigenvalue weighted by molar-refractivity contribution is 5.99. The summed E-state index contributed by atoms with van der Waals surface area (Å²) in [5.74, 6) is 0.247. The van der Waals surface area contributed by atoms with E-state index in [-0.39, 0.29) is 11.8 Å². The summed E-state index contributed by atoms with van der Waals surface area (Å²) < 4.78 is 0. The number of hydrogen-bond acceptors (Lipinski definition) is 3. The van der Waals surface area contributed by atoms with Gasteiger partial charge >= 0.3 is 0 Å². The molecule has 2 rings (SSSR count). The number of hydrogen-bond donors (Lipinski definition) is 1. The number of nitrogens with one attached hydrogen (secondary N) is 1. The molecular weight excluding hydrogens is 248 g/mol. The zero-order chi connectivity index (χ0) is 14.5. The lowest BCUT2D eigenvalue weighted by Gasteiger charge is -2.15. The van der Waals surface area contributed by atoms with E-state index in [9.17, 15) is 4.79 Å². The number of aryl methyl sites for hydroxylation is 1. The lowest BCUT2D eigenvalue weighted by molar-refractivity contribution is -0.117. The minimum Gasteiger partial charge on any atom is -0.383 e. The number of carbonyl (C=O) groups is 1. The third-order valence-corrected chi connectivity index (χ3v) is 3.62. The number of ketones is 1. The highest BCUT2D eigenvalue weighted by Crippen LogP contribution is 2.16. The summed E-state index contributed by atoms with van der Waals surface area (Å²) in [6, 6.07) is 8.41. The summed E-state index contributed by atoms with van der Waals surface area (Å²) in [6.45, 7) is 3.03. The van der Waals surface area contributed by atoms with Gasteiger partial charge in [-0.05, 0) is 31.9 Å². The highest BCUT2D eigenvalue weighted by Gasteiger charge is 2.25. The van der Waals surface area contributed by atoms with Crippen LogP contribution in [0.4, 0.5) is 0 Å². The molecule has 1 atom stereocenters. The number of carbonyl (C=O) groups excluding carboxylic acids is 1. The molecule has 1 N–H and O–H groups in total. The topological polar surface area (TPSA) is 32.3 Å². The van der Waals surface area contributed by atoms with Crippen LogP contribution in [0.25, 0.3) is 0 Å². The van der Waals surface area contributed by atoms with E-state index in [4.69, 9.17) is 0 Å². The first-order valence-electron chi connectivity index (χ1n) is 7.26. The maximum Gasteiger partial charge on any atom is 0.177 e. The van der Waals surface area contributed by atoms with Gasteiger partial charge in [0, 0.05) is 32.3 Å². The van der Waals surface area contributed by atoms with Crippen LogP contribution >= 0.6 is 0 Å². The Kier molecular flexibility index (Phi) is 4.96. The van der Waals surface area contributed by atoms with Gasteiger partial charge < -0.3 is 10.2 Å². The van der Waals surface area contributed by atoms with E-state index in [0.29, 0.717) is 6.42 Å². The monoisotopic (exact) mass is 272 g/mol. The number of rotatable bonds is 5. The van der Waals surface area contributed by atoms with Crippen LogP contribution in [0, 0.1) is 6.92 Å². The molecule has 0 aliphatic carbocycles. The van der Waals surface area contributed by atoms with Crippen molar-refractivity contribution in [2.45, 2.75) is 32.2 Å². The first kappa shape index (κ1) is 14.8. The maximum atomic E-state index is 12.6. The molecule has 0 amide bonds. The van der Waals surface area contributed by atoms with E-state index in [0.717, 1.165) is 25.0 Å². The van der Waals surface area contributed by atoms with Gasteiger partial charge in [-0.2, -0.15) is 0 Å². The summed E-state index contributed by atoms with van der Waals surface area (Å²) in [5, 5.41) is 3.30. The normalized spacial score (nSPS) is 19.1. The van der Waals surface area contributed by atoms with E-state index in [1.807, 2.05) is 25.2 Å². The molecular formula is C17H24N2O. The van der Waals surface area contributed by atoms with E-state index >= 15 is 0 Å². The van der Waals surface area contributed by atoms with Crippen LogP contribution in [-0.4, -0.2) is 37.4 Å². The molecule has 1 fully saturated rings. The van der Waals surface area contributed by atoms with Crippen molar-refractivity contribution < 1.29 is 4.79 Å². The van der Waals surface area contributed by atoms with Gasteiger partial charge in [0.15, 0.2) is 5.78 Å². The van der Waals surface area contributed by atoms with E-state index in [1.165, 1.54) is 11.1 Å². The molecule has 1 aliphatic rings. The van der Waals surface area contributed by atoms with Crippen LogP contribution in [0.15, 0.2) is 36.0 Å². The average molecular weight is 272 g/mol. The summed E-state index contributed by atoms with van der Waals surface area (Å²) in [7, 11) is 3.93. The third-order valence-electron chi connectivity index (χ3n) is 3.62. The number of nitrogens with zero attached hydrogens (tertiary/aromatic N) is 1. The van der Waals surface area contributed by atoms with Crippen LogP contribution in [-0.2, 0) is 11.2 Å². The molecule has 108 valence electrons. The predicted molar refractivity (Wildman–Crippen MR) is 82.7 cm³/mol. The van der Waals surface area contributed by atoms with Crippen LogP contribution in [0.3, 0.4) is 0 Å². The van der Waals surface area contributed by atoms with Gasteiger partial charge in [0.05, 0.1) is 6.04 Å². The van der Waals surface area contributed by atoms with Crippen LogP contribution in [0.2, 0.25) is 0 Å². The largest absolute Gasteiger partial charge is 0.383 e. The highest BCUT2D eigenvalue weighted by atomic mass is 16.1. The van der Waals surface area contributed by atoms with Crippen molar-refractivity contribution in [2.24, 2.45) is 0 Å². The molecule has 3 nitrogen and oxygen atoms in total. The number of benzene rings is 1. The Bertz CT molecular complexity index is 482. The molecule has 1 aromatic rings. The van der Waals surface area contributed by atoms with Gasteiger partial charge in [-0.15, -0.1) is 0 Å². The quantitative estimate of drug-likeness (QED) is 0.835. The summed E-state index contributed by atoms with van der Waals surface area (Å²) in [4.78, 5) is 14.5. The molecule has 0 radical (unpaired) electrons. The second-order valence-electron chi connectivity index (χ2n) is 5.79. The summed E-state index contributed by atoms with van der Waals surface area (Å²) >= 11 is 0. The lowest BCUT2D eigenvalue weighted by atomic mass is 9.96. The lowest BCUT2D eigenvalue weighted by Crippen LogP contribution is -2.33. The Morgan fingerprint density at radius 1 is 1.35 bits per heavy atom. The Morgan fingerprint density at radius 3 is 2.60 bits per heavy atom. The Morgan fingerprint density at radius 2 is 2.05 bits per heavy atom. The van der Waals surface area contributed by atoms with Crippen LogP contribution in [0.5, 0.6) is 0 Å². The molecule has 1 aliphatic heterocycles. The van der Waals surface area contributed by atoms with Crippen molar-refractivity contribution in [1.82, 2.24) is 10.2 Å². The molecule has 0 spiro atoms. The van der Waals surface area contributed by atoms with Gasteiger partial charge in [0.25, 0.3) is 0 Å². The Labute approximate surface area is 121 Å². The van der Waals surface area contributed by atoms with Gasteiger partial charge in [-0.25, -0.2) is 0 Å². The van der Waals surface area contributed by atoms with Crippen LogP contribution in [0.1, 0.15) is 24.0 Å². The van der Waals surface area contributed by atoms with Crippen molar-refractivity contribution in [3.05, 3.63) is 47.2 Å². The molecule has 0 saturated carbocycles. The standard InChI is InChI=1S/C17H24N2O/c1-13-6-8-14(9-7-13)11-15(12-19(2)3)17(20)16-5-4-10-18-16/h6-9,12,16,18H,4-5,10-11H2,1-3H3/b15-12+. The van der Waals surface area contributed by atoms with Crippen molar-refractivity contribution >= 4 is 5.78 Å². The summed E-state index contributed by atoms with van der Waals surface area (Å²) in [5.41, 5.74) is 3.32. The second-order valence-corrected chi connectivity index (χ2v) is 5.79. The minimum absolute atomic E-state index is 0.00616. The van der Waals surface area contributed by atoms with Gasteiger partial charge in [0.2, 0.25) is 0 Å². The van der Waals surface area contributed by atoms with E-state index < -0.39 is 0 Å². The average Bonchev–Trinajstić information content (AvgIpc) is 2.93. The molecule has 3 heteroatoms. The van der Waals surface area contributed by atoms with Gasteiger partial charge in [-0.3, -0.25) is 4.79 Å². The molecule has 1 unspecified atom stereocenters. The molecule has 0 aromatic heterocycles. The van der Waals surface area contributed by atoms with Crippen molar-refractivity contribution in [1.29, 1.82) is 0 Å². The van der Waals surface area contributed by atoms with Crippen molar-refractivity contribution in [2.75, 3.05) is 20.6 Å². The molecule has 0 bridgehead atoms. The molecule has 1 saturated heterocycles. The zero-order valence-corrected chi connectivity index (χ0v) is 12.6. The fraction of sp³-hybridized carbons (Fsp3) is 0.471. The summed E-state index contributed by atoms with van der Waals surface area (Å²) in [6.07, 6.45) is 4.71. The zero-order valence-electron chi connectivity index (χ0n) is 12.6. The SMILES string of the molecule is Cc1ccc(C/C(=C\N(C)C)C(=O)C2CCCN2)cc1. The number of Topliss-reactive ketones (excluding diaryl/α,β-unsaturated/α-hetero) is 1. The van der Waals surface area contributed by atoms with Crippen molar-refractivity contribution in [3.63, 3.8) is 0 Å². The fourth-order valence-corrected chi connectivity index (χ4v) is 2.57. The van der Waals surface area contributed by atoms with Crippen LogP contribution < -0.4 is 5.32 Å². The second kappa shape index (κ2) is 6.71. The molecule has 1 aromatic carbocycles. The Hall–Kier alpha value is -1.61. The first-order chi connectivity index (χ1) is 9.56. The van der Waals surface area contributed by atoms with Gasteiger partial charge in [0.1, 0.15) is 0 Å². The smallest absolute Gasteiger partial charge is 0.177 e. The Balaban J connectivity index is 2.15. The molecule has 1 heterocycles. The van der Waals surface area contributed by atoms with Crippen molar-refractivity contribution in [3.8, 4) is 0 Å². The van der Waals surface area contributed by atoms with Gasteiger partial charge in [-0.1, -0.05) is 29.8 Å². The minimum atomic E-state index is 0.00616. The maximum absolute atomic E-state index is 12.6. The van der Waals surface area contributed by atoms with E-state index in [2.05, 4.69) is 36.5 Å². The third kappa shape index (κ3) is 3.94. The fourth-order valence-electron chi connectivity index (χ4n) is 2.57. The predicted octanol–water partition coefficient (Wildman–Crippen LogP) is 2.30.